The molecule has 0 bridgehead atoms. The van der Waals surface area contributed by atoms with Gasteiger partial charge in [0.05, 0.1) is 23.7 Å². The van der Waals surface area contributed by atoms with E-state index >= 15 is 0 Å². The maximum atomic E-state index is 8.97. The van der Waals surface area contributed by atoms with Crippen LogP contribution >= 0.6 is 0 Å². The van der Waals surface area contributed by atoms with Gasteiger partial charge >= 0.3 is 0 Å². The lowest BCUT2D eigenvalue weighted by molar-refractivity contribution is 0.277. The highest BCUT2D eigenvalue weighted by atomic mass is 16.3. The zero-order chi connectivity index (χ0) is 11.4. The molecule has 2 aromatic rings. The third kappa shape index (κ3) is 2.05. The van der Waals surface area contributed by atoms with Gasteiger partial charge in [0.25, 0.3) is 0 Å². The second-order valence-corrected chi connectivity index (χ2v) is 3.19. The Balaban J connectivity index is 2.46. The third-order valence-electron chi connectivity index (χ3n) is 2.09. The highest BCUT2D eigenvalue weighted by molar-refractivity contribution is 5.54. The predicted octanol–water partition coefficient (Wildman–Crippen LogP) is 1.51. The quantitative estimate of drug-likeness (QED) is 0.817. The van der Waals surface area contributed by atoms with Gasteiger partial charge in [-0.15, -0.1) is 0 Å². The molecule has 0 aromatic carbocycles. The number of aromatic nitrogens is 2. The third-order valence-corrected chi connectivity index (χ3v) is 2.09. The molecular weight excluding hydrogens is 202 g/mol. The monoisotopic (exact) mass is 211 g/mol. The number of nitriles is 1. The first-order valence-corrected chi connectivity index (χ1v) is 4.78. The van der Waals surface area contributed by atoms with Gasteiger partial charge < -0.3 is 5.11 Å². The van der Waals surface area contributed by atoms with E-state index in [0.29, 0.717) is 22.8 Å². The Hall–Kier alpha value is -2.25. The summed E-state index contributed by atoms with van der Waals surface area (Å²) in [5.74, 6) is 0. The first-order valence-electron chi connectivity index (χ1n) is 4.78. The molecule has 0 aliphatic heterocycles. The molecule has 0 unspecified atom stereocenters. The Morgan fingerprint density at radius 2 is 1.75 bits per heavy atom. The largest absolute Gasteiger partial charge is 0.390 e. The summed E-state index contributed by atoms with van der Waals surface area (Å²) in [5, 5.41) is 17.7. The van der Waals surface area contributed by atoms with Gasteiger partial charge in [0, 0.05) is 0 Å². The van der Waals surface area contributed by atoms with Crippen LogP contribution in [0.3, 0.4) is 0 Å². The standard InChI is InChI=1S/C12H9N3O/c13-7-9-3-1-5-11(14-9)12-6-2-4-10(8-16)15-12/h1-6,16H,8H2. The van der Waals surface area contributed by atoms with E-state index in [0.717, 1.165) is 0 Å². The molecule has 2 aromatic heterocycles. The van der Waals surface area contributed by atoms with Gasteiger partial charge in [-0.2, -0.15) is 5.26 Å². The van der Waals surface area contributed by atoms with Gasteiger partial charge in [0.1, 0.15) is 11.8 Å². The van der Waals surface area contributed by atoms with Crippen LogP contribution in [0.4, 0.5) is 0 Å². The summed E-state index contributed by atoms with van der Waals surface area (Å²) in [6.45, 7) is -0.105. The van der Waals surface area contributed by atoms with Crippen molar-refractivity contribution < 1.29 is 5.11 Å². The second-order valence-electron chi connectivity index (χ2n) is 3.19. The molecule has 0 fully saturated rings. The molecular formula is C12H9N3O. The molecule has 0 aliphatic carbocycles. The van der Waals surface area contributed by atoms with Gasteiger partial charge in [-0.3, -0.25) is 0 Å². The molecule has 0 amide bonds. The molecule has 4 heteroatoms. The van der Waals surface area contributed by atoms with Crippen molar-refractivity contribution >= 4 is 0 Å². The Kier molecular flexibility index (Phi) is 2.90. The number of rotatable bonds is 2. The van der Waals surface area contributed by atoms with E-state index in [1.165, 1.54) is 0 Å². The maximum Gasteiger partial charge on any atom is 0.141 e. The molecule has 2 heterocycles. The van der Waals surface area contributed by atoms with Crippen molar-refractivity contribution in [3.63, 3.8) is 0 Å². The smallest absolute Gasteiger partial charge is 0.141 e. The molecule has 0 spiro atoms. The maximum absolute atomic E-state index is 8.97. The predicted molar refractivity (Wildman–Crippen MR) is 58.1 cm³/mol. The summed E-state index contributed by atoms with van der Waals surface area (Å²) in [6, 6.07) is 12.5. The summed E-state index contributed by atoms with van der Waals surface area (Å²) in [4.78, 5) is 8.35. The zero-order valence-electron chi connectivity index (χ0n) is 8.46. The van der Waals surface area contributed by atoms with Gasteiger partial charge in [-0.1, -0.05) is 12.1 Å². The Bertz CT molecular complexity index is 546. The van der Waals surface area contributed by atoms with Crippen LogP contribution in [0.1, 0.15) is 11.4 Å². The Labute approximate surface area is 92.8 Å². The highest BCUT2D eigenvalue weighted by Gasteiger charge is 2.02. The molecule has 4 nitrogen and oxygen atoms in total. The highest BCUT2D eigenvalue weighted by Crippen LogP contribution is 2.14. The first-order chi connectivity index (χ1) is 7.83. The van der Waals surface area contributed by atoms with Crippen molar-refractivity contribution in [3.05, 3.63) is 47.8 Å². The number of nitrogens with zero attached hydrogens (tertiary/aromatic N) is 3. The van der Waals surface area contributed by atoms with Crippen molar-refractivity contribution in [2.75, 3.05) is 0 Å². The van der Waals surface area contributed by atoms with Gasteiger partial charge in [-0.25, -0.2) is 9.97 Å². The van der Waals surface area contributed by atoms with Crippen molar-refractivity contribution in [2.45, 2.75) is 6.61 Å². The molecule has 0 aliphatic rings. The normalized spacial score (nSPS) is 9.75. The van der Waals surface area contributed by atoms with Crippen LogP contribution in [0.5, 0.6) is 0 Å². The van der Waals surface area contributed by atoms with Crippen LogP contribution in [0, 0.1) is 11.3 Å². The molecule has 1 N–H and O–H groups in total. The number of pyridine rings is 2. The van der Waals surface area contributed by atoms with Gasteiger partial charge in [0.15, 0.2) is 0 Å². The zero-order valence-corrected chi connectivity index (χ0v) is 8.46. The van der Waals surface area contributed by atoms with Crippen LogP contribution in [0.2, 0.25) is 0 Å². The topological polar surface area (TPSA) is 69.8 Å². The Morgan fingerprint density at radius 1 is 1.06 bits per heavy atom. The van der Waals surface area contributed by atoms with E-state index in [-0.39, 0.29) is 6.61 Å². The minimum absolute atomic E-state index is 0.105. The lowest BCUT2D eigenvalue weighted by Gasteiger charge is -2.01. The van der Waals surface area contributed by atoms with Crippen LogP contribution in [0.15, 0.2) is 36.4 Å². The second kappa shape index (κ2) is 4.51. The van der Waals surface area contributed by atoms with E-state index in [9.17, 15) is 0 Å². The van der Waals surface area contributed by atoms with Crippen molar-refractivity contribution in [3.8, 4) is 17.5 Å². The molecule has 0 radical (unpaired) electrons. The molecule has 2 rings (SSSR count). The molecule has 16 heavy (non-hydrogen) atoms. The fourth-order valence-corrected chi connectivity index (χ4v) is 1.35. The first kappa shape index (κ1) is 10.3. The summed E-state index contributed by atoms with van der Waals surface area (Å²) in [6.07, 6.45) is 0. The van der Waals surface area contributed by atoms with Gasteiger partial charge in [-0.05, 0) is 24.3 Å². The number of aliphatic hydroxyl groups is 1. The molecule has 0 saturated carbocycles. The fourth-order valence-electron chi connectivity index (χ4n) is 1.35. The lowest BCUT2D eigenvalue weighted by atomic mass is 10.2. The van der Waals surface area contributed by atoms with Gasteiger partial charge in [0.2, 0.25) is 0 Å². The average Bonchev–Trinajstić information content (AvgIpc) is 2.39. The number of hydrogen-bond donors (Lipinski definition) is 1. The number of hydrogen-bond acceptors (Lipinski definition) is 4. The average molecular weight is 211 g/mol. The van der Waals surface area contributed by atoms with E-state index in [2.05, 4.69) is 9.97 Å². The van der Waals surface area contributed by atoms with E-state index in [4.69, 9.17) is 10.4 Å². The molecule has 78 valence electrons. The minimum Gasteiger partial charge on any atom is -0.390 e. The van der Waals surface area contributed by atoms with Crippen molar-refractivity contribution in [2.24, 2.45) is 0 Å². The SMILES string of the molecule is N#Cc1cccc(-c2cccc(CO)n2)n1. The lowest BCUT2D eigenvalue weighted by Crippen LogP contribution is -1.94. The Morgan fingerprint density at radius 3 is 2.44 bits per heavy atom. The van der Waals surface area contributed by atoms with Crippen molar-refractivity contribution in [1.82, 2.24) is 9.97 Å². The summed E-state index contributed by atoms with van der Waals surface area (Å²) in [5.41, 5.74) is 2.23. The van der Waals surface area contributed by atoms with E-state index < -0.39 is 0 Å². The summed E-state index contributed by atoms with van der Waals surface area (Å²) < 4.78 is 0. The van der Waals surface area contributed by atoms with Crippen LogP contribution in [-0.4, -0.2) is 15.1 Å². The minimum atomic E-state index is -0.105. The van der Waals surface area contributed by atoms with E-state index in [1.54, 1.807) is 36.4 Å². The van der Waals surface area contributed by atoms with Crippen LogP contribution < -0.4 is 0 Å². The van der Waals surface area contributed by atoms with Crippen LogP contribution in [0.25, 0.3) is 11.4 Å². The fraction of sp³-hybridized carbons (Fsp3) is 0.0833. The molecule has 0 saturated heterocycles. The van der Waals surface area contributed by atoms with E-state index in [1.807, 2.05) is 6.07 Å². The summed E-state index contributed by atoms with van der Waals surface area (Å²) >= 11 is 0. The van der Waals surface area contributed by atoms with Crippen molar-refractivity contribution in [1.29, 1.82) is 5.26 Å². The number of aliphatic hydroxyl groups excluding tert-OH is 1. The molecule has 0 atom stereocenters. The summed E-state index contributed by atoms with van der Waals surface area (Å²) in [7, 11) is 0. The van der Waals surface area contributed by atoms with Crippen LogP contribution in [-0.2, 0) is 6.61 Å².